The van der Waals surface area contributed by atoms with Crippen molar-refractivity contribution >= 4 is 27.8 Å². The molecule has 0 aliphatic carbocycles. The summed E-state index contributed by atoms with van der Waals surface area (Å²) in [6.45, 7) is 4.39. The number of aromatic amines is 1. The van der Waals surface area contributed by atoms with Crippen LogP contribution in [0.3, 0.4) is 0 Å². The topological polar surface area (TPSA) is 55.0 Å². The minimum absolute atomic E-state index is 0.143. The molecule has 0 aliphatic rings. The second-order valence-corrected chi connectivity index (χ2v) is 6.70. The number of ether oxygens (including phenoxy) is 1. The first kappa shape index (κ1) is 16.3. The van der Waals surface area contributed by atoms with Gasteiger partial charge in [0.05, 0.1) is 11.7 Å². The first-order valence-corrected chi connectivity index (χ1v) is 8.75. The van der Waals surface area contributed by atoms with Gasteiger partial charge in [-0.25, -0.2) is 9.78 Å². The SMILES string of the molecule is CC(C)c1c(C(=O)OCc2ccccc2)ncc2[nH]c3ccccc3c12. The van der Waals surface area contributed by atoms with Gasteiger partial charge in [-0.15, -0.1) is 0 Å². The smallest absolute Gasteiger partial charge is 0.357 e. The van der Waals surface area contributed by atoms with Gasteiger partial charge in [0.1, 0.15) is 6.61 Å². The van der Waals surface area contributed by atoms with Crippen LogP contribution in [0.25, 0.3) is 21.8 Å². The van der Waals surface area contributed by atoms with Gasteiger partial charge >= 0.3 is 5.97 Å². The molecule has 2 heterocycles. The van der Waals surface area contributed by atoms with Crippen molar-refractivity contribution in [2.45, 2.75) is 26.4 Å². The Hall–Kier alpha value is -3.14. The Labute approximate surface area is 151 Å². The molecule has 4 heteroatoms. The normalized spacial score (nSPS) is 11.3. The van der Waals surface area contributed by atoms with Crippen molar-refractivity contribution in [3.63, 3.8) is 0 Å². The molecule has 26 heavy (non-hydrogen) atoms. The van der Waals surface area contributed by atoms with E-state index in [4.69, 9.17) is 4.74 Å². The van der Waals surface area contributed by atoms with Crippen LogP contribution in [0.5, 0.6) is 0 Å². The number of hydrogen-bond donors (Lipinski definition) is 1. The lowest BCUT2D eigenvalue weighted by atomic mass is 9.95. The van der Waals surface area contributed by atoms with Crippen LogP contribution in [0.2, 0.25) is 0 Å². The van der Waals surface area contributed by atoms with Crippen molar-refractivity contribution in [1.82, 2.24) is 9.97 Å². The molecule has 0 bridgehead atoms. The van der Waals surface area contributed by atoms with E-state index in [1.807, 2.05) is 48.5 Å². The Bertz CT molecular complexity index is 1080. The number of H-pyrrole nitrogens is 1. The number of carbonyl (C=O) groups excluding carboxylic acids is 1. The Morgan fingerprint density at radius 3 is 2.54 bits per heavy atom. The van der Waals surface area contributed by atoms with Gasteiger partial charge in [-0.1, -0.05) is 62.4 Å². The van der Waals surface area contributed by atoms with Crippen LogP contribution in [0.1, 0.15) is 41.4 Å². The molecule has 0 radical (unpaired) electrons. The van der Waals surface area contributed by atoms with Gasteiger partial charge in [-0.05, 0) is 23.1 Å². The molecule has 4 nitrogen and oxygen atoms in total. The zero-order chi connectivity index (χ0) is 18.1. The van der Waals surface area contributed by atoms with Gasteiger partial charge in [-0.3, -0.25) is 0 Å². The summed E-state index contributed by atoms with van der Waals surface area (Å²) in [6, 6.07) is 17.8. The maximum absolute atomic E-state index is 12.7. The fourth-order valence-corrected chi connectivity index (χ4v) is 3.38. The fraction of sp³-hybridized carbons (Fsp3) is 0.182. The van der Waals surface area contributed by atoms with Crippen LogP contribution >= 0.6 is 0 Å². The van der Waals surface area contributed by atoms with Crippen LogP contribution in [0.15, 0.2) is 60.8 Å². The van der Waals surface area contributed by atoms with Crippen molar-refractivity contribution in [2.24, 2.45) is 0 Å². The zero-order valence-electron chi connectivity index (χ0n) is 14.8. The summed E-state index contributed by atoms with van der Waals surface area (Å²) in [4.78, 5) is 20.6. The molecule has 4 aromatic rings. The summed E-state index contributed by atoms with van der Waals surface area (Å²) in [5, 5.41) is 2.16. The van der Waals surface area contributed by atoms with Gasteiger partial charge in [0, 0.05) is 16.3 Å². The highest BCUT2D eigenvalue weighted by Crippen LogP contribution is 2.33. The first-order valence-electron chi connectivity index (χ1n) is 8.75. The highest BCUT2D eigenvalue weighted by molar-refractivity contribution is 6.11. The predicted octanol–water partition coefficient (Wildman–Crippen LogP) is 5.20. The number of benzene rings is 2. The van der Waals surface area contributed by atoms with Gasteiger partial charge in [0.15, 0.2) is 5.69 Å². The van der Waals surface area contributed by atoms with E-state index >= 15 is 0 Å². The van der Waals surface area contributed by atoms with Gasteiger partial charge in [0.25, 0.3) is 0 Å². The third-order valence-corrected chi connectivity index (χ3v) is 4.57. The van der Waals surface area contributed by atoms with Crippen LogP contribution < -0.4 is 0 Å². The summed E-state index contributed by atoms with van der Waals surface area (Å²) in [7, 11) is 0. The van der Waals surface area contributed by atoms with Crippen LogP contribution in [-0.2, 0) is 11.3 Å². The van der Waals surface area contributed by atoms with Crippen LogP contribution in [0.4, 0.5) is 0 Å². The third-order valence-electron chi connectivity index (χ3n) is 4.57. The number of esters is 1. The molecule has 0 atom stereocenters. The first-order chi connectivity index (χ1) is 12.6. The van der Waals surface area contributed by atoms with Gasteiger partial charge < -0.3 is 9.72 Å². The van der Waals surface area contributed by atoms with Crippen molar-refractivity contribution < 1.29 is 9.53 Å². The van der Waals surface area contributed by atoms with Gasteiger partial charge in [-0.2, -0.15) is 0 Å². The maximum atomic E-state index is 12.7. The Morgan fingerprint density at radius 1 is 1.04 bits per heavy atom. The lowest BCUT2D eigenvalue weighted by Crippen LogP contribution is -2.12. The summed E-state index contributed by atoms with van der Waals surface area (Å²) in [5.41, 5.74) is 4.27. The summed E-state index contributed by atoms with van der Waals surface area (Å²) in [5.74, 6) is -0.241. The summed E-state index contributed by atoms with van der Waals surface area (Å²) >= 11 is 0. The highest BCUT2D eigenvalue weighted by Gasteiger charge is 2.22. The molecule has 0 fully saturated rings. The molecule has 0 saturated heterocycles. The minimum atomic E-state index is -0.385. The number of nitrogens with one attached hydrogen (secondary N) is 1. The molecule has 1 N–H and O–H groups in total. The molecule has 130 valence electrons. The number of nitrogens with zero attached hydrogens (tertiary/aromatic N) is 1. The molecule has 2 aromatic heterocycles. The third kappa shape index (κ3) is 2.84. The molecule has 0 amide bonds. The maximum Gasteiger partial charge on any atom is 0.357 e. The molecule has 0 unspecified atom stereocenters. The Morgan fingerprint density at radius 2 is 1.77 bits per heavy atom. The number of carbonyl (C=O) groups is 1. The van der Waals surface area contributed by atoms with Crippen molar-refractivity contribution in [3.8, 4) is 0 Å². The standard InChI is InChI=1S/C22H20N2O2/c1-14(2)19-20-16-10-6-7-11-17(16)24-18(20)12-23-21(19)22(25)26-13-15-8-4-3-5-9-15/h3-12,14,24H,13H2,1-2H3. The van der Waals surface area contributed by atoms with Crippen molar-refractivity contribution in [2.75, 3.05) is 0 Å². The largest absolute Gasteiger partial charge is 0.456 e. The molecule has 0 spiro atoms. The number of hydrogen-bond acceptors (Lipinski definition) is 3. The minimum Gasteiger partial charge on any atom is -0.456 e. The van der Waals surface area contributed by atoms with Crippen molar-refractivity contribution in [3.05, 3.63) is 77.6 Å². The average molecular weight is 344 g/mol. The second kappa shape index (κ2) is 6.64. The lowest BCUT2D eigenvalue weighted by molar-refractivity contribution is 0.0464. The number of aromatic nitrogens is 2. The van der Waals surface area contributed by atoms with E-state index < -0.39 is 0 Å². The van der Waals surface area contributed by atoms with Crippen LogP contribution in [-0.4, -0.2) is 15.9 Å². The van der Waals surface area contributed by atoms with E-state index in [9.17, 15) is 4.79 Å². The van der Waals surface area contributed by atoms with E-state index in [-0.39, 0.29) is 18.5 Å². The summed E-state index contributed by atoms with van der Waals surface area (Å²) in [6.07, 6.45) is 1.72. The molecule has 0 saturated carbocycles. The molecular weight excluding hydrogens is 324 g/mol. The molecule has 0 aliphatic heterocycles. The van der Waals surface area contributed by atoms with Crippen LogP contribution in [0, 0.1) is 0 Å². The number of para-hydroxylation sites is 1. The predicted molar refractivity (Wildman–Crippen MR) is 103 cm³/mol. The second-order valence-electron chi connectivity index (χ2n) is 6.70. The lowest BCUT2D eigenvalue weighted by Gasteiger charge is -2.13. The van der Waals surface area contributed by atoms with E-state index in [2.05, 4.69) is 29.9 Å². The Balaban J connectivity index is 1.78. The highest BCUT2D eigenvalue weighted by atomic mass is 16.5. The molecule has 2 aromatic carbocycles. The van der Waals surface area contributed by atoms with E-state index in [0.29, 0.717) is 5.69 Å². The fourth-order valence-electron chi connectivity index (χ4n) is 3.38. The monoisotopic (exact) mass is 344 g/mol. The van der Waals surface area contributed by atoms with E-state index in [0.717, 1.165) is 32.9 Å². The number of fused-ring (bicyclic) bond motifs is 3. The van der Waals surface area contributed by atoms with Crippen molar-refractivity contribution in [1.29, 1.82) is 0 Å². The summed E-state index contributed by atoms with van der Waals surface area (Å²) < 4.78 is 5.53. The quantitative estimate of drug-likeness (QED) is 0.518. The number of pyridine rings is 1. The molecule has 4 rings (SSSR count). The number of rotatable bonds is 4. The zero-order valence-corrected chi connectivity index (χ0v) is 14.8. The Kier molecular flexibility index (Phi) is 4.17. The molecular formula is C22H20N2O2. The average Bonchev–Trinajstić information content (AvgIpc) is 3.04. The van der Waals surface area contributed by atoms with Gasteiger partial charge in [0.2, 0.25) is 0 Å². The van der Waals surface area contributed by atoms with E-state index in [1.54, 1.807) is 6.20 Å². The van der Waals surface area contributed by atoms with E-state index in [1.165, 1.54) is 0 Å².